The molecular formula is C66H76F2N6O2. The molecule has 5 aliphatic rings. The number of fused-ring (bicyclic) bond motifs is 8. The fraction of sp³-hybridized carbons (Fsp3) is 0.424. The van der Waals surface area contributed by atoms with Crippen LogP contribution >= 0.6 is 0 Å². The number of hydrogen-bond donors (Lipinski definition) is 3. The van der Waals surface area contributed by atoms with Gasteiger partial charge >= 0.3 is 0 Å². The Morgan fingerprint density at radius 1 is 0.645 bits per heavy atom. The van der Waals surface area contributed by atoms with Crippen LogP contribution in [0.4, 0.5) is 8.78 Å². The second-order valence-electron chi connectivity index (χ2n) is 23.2. The van der Waals surface area contributed by atoms with E-state index in [4.69, 9.17) is 10.5 Å². The highest BCUT2D eigenvalue weighted by Gasteiger charge is 2.56. The predicted molar refractivity (Wildman–Crippen MR) is 302 cm³/mol. The van der Waals surface area contributed by atoms with Gasteiger partial charge in [-0.2, -0.15) is 10.2 Å². The summed E-state index contributed by atoms with van der Waals surface area (Å²) in [5.74, 6) is 0.710. The average Bonchev–Trinajstić information content (AvgIpc) is 4.02. The number of rotatable bonds is 9. The summed E-state index contributed by atoms with van der Waals surface area (Å²) in [7, 11) is 0. The highest BCUT2D eigenvalue weighted by atomic mass is 19.1. The van der Waals surface area contributed by atoms with Crippen molar-refractivity contribution < 1.29 is 18.6 Å². The molecule has 10 heteroatoms. The Morgan fingerprint density at radius 3 is 1.58 bits per heavy atom. The lowest BCUT2D eigenvalue weighted by Gasteiger charge is -2.50. The highest BCUT2D eigenvalue weighted by Crippen LogP contribution is 2.58. The van der Waals surface area contributed by atoms with Crippen LogP contribution in [0.3, 0.4) is 0 Å². The largest absolute Gasteiger partial charge is 0.389 e. The van der Waals surface area contributed by atoms with Crippen LogP contribution in [0, 0.1) is 23.5 Å². The first-order chi connectivity index (χ1) is 36.8. The molecule has 1 saturated heterocycles. The number of benzene rings is 6. The topological polar surface area (TPSA) is 106 Å². The molecule has 0 radical (unpaired) electrons. The van der Waals surface area contributed by atoms with Crippen LogP contribution in [0.15, 0.2) is 146 Å². The quantitative estimate of drug-likeness (QED) is 0.124. The van der Waals surface area contributed by atoms with Gasteiger partial charge in [0.05, 0.1) is 52.6 Å². The van der Waals surface area contributed by atoms with E-state index in [2.05, 4.69) is 84.8 Å². The van der Waals surface area contributed by atoms with Crippen LogP contribution in [-0.2, 0) is 28.4 Å². The van der Waals surface area contributed by atoms with E-state index in [1.165, 1.54) is 96.0 Å². The van der Waals surface area contributed by atoms with Gasteiger partial charge in [-0.05, 0) is 233 Å². The lowest BCUT2D eigenvalue weighted by atomic mass is 9.57. The van der Waals surface area contributed by atoms with E-state index in [-0.39, 0.29) is 40.1 Å². The lowest BCUT2D eigenvalue weighted by molar-refractivity contribution is -0.0479. The maximum absolute atomic E-state index is 13.5. The van der Waals surface area contributed by atoms with E-state index >= 15 is 0 Å². The summed E-state index contributed by atoms with van der Waals surface area (Å²) in [5.41, 5.74) is 17.8. The monoisotopic (exact) mass is 1020 g/mol. The molecule has 1 spiro atoms. The van der Waals surface area contributed by atoms with E-state index in [9.17, 15) is 13.9 Å². The zero-order valence-electron chi connectivity index (χ0n) is 45.0. The number of hydrogen-bond acceptors (Lipinski definition) is 6. The van der Waals surface area contributed by atoms with E-state index < -0.39 is 5.60 Å². The van der Waals surface area contributed by atoms with Crippen molar-refractivity contribution in [1.29, 1.82) is 0 Å². The summed E-state index contributed by atoms with van der Waals surface area (Å²) < 4.78 is 36.7. The summed E-state index contributed by atoms with van der Waals surface area (Å²) >= 11 is 0. The molecule has 2 saturated carbocycles. The number of nitrogens with two attached hydrogens (primary N) is 1. The number of aromatic nitrogens is 4. The molecule has 3 fully saturated rings. The fourth-order valence-corrected chi connectivity index (χ4v) is 14.3. The smallest absolute Gasteiger partial charge is 0.123 e. The molecule has 8 aromatic rings. The van der Waals surface area contributed by atoms with Crippen LogP contribution in [0.5, 0.6) is 0 Å². The Hall–Kier alpha value is -6.04. The minimum atomic E-state index is -0.686. The Morgan fingerprint density at radius 2 is 1.12 bits per heavy atom. The van der Waals surface area contributed by atoms with Crippen LogP contribution in [0.1, 0.15) is 150 Å². The van der Waals surface area contributed by atoms with Crippen molar-refractivity contribution in [3.63, 3.8) is 0 Å². The van der Waals surface area contributed by atoms with E-state index in [0.29, 0.717) is 12.5 Å². The zero-order valence-corrected chi connectivity index (χ0v) is 45.0. The summed E-state index contributed by atoms with van der Waals surface area (Å²) in [6.45, 7) is 10.5. The second kappa shape index (κ2) is 21.4. The average molecular weight is 1020 g/mol. The summed E-state index contributed by atoms with van der Waals surface area (Å²) in [5, 5.41) is 27.0. The van der Waals surface area contributed by atoms with Gasteiger partial charge in [0.25, 0.3) is 0 Å². The van der Waals surface area contributed by atoms with Crippen LogP contribution in [-0.4, -0.2) is 49.0 Å². The fourth-order valence-electron chi connectivity index (χ4n) is 14.3. The highest BCUT2D eigenvalue weighted by molar-refractivity contribution is 5.84. The molecule has 2 aromatic heterocycles. The Labute approximate surface area is 448 Å². The molecule has 8 atom stereocenters. The number of nitrogens with zero attached hydrogens (tertiary/aromatic N) is 4. The molecule has 396 valence electrons. The third kappa shape index (κ3) is 10.2. The molecule has 3 heterocycles. The van der Waals surface area contributed by atoms with Gasteiger partial charge in [0.15, 0.2) is 0 Å². The molecule has 4 aliphatic carbocycles. The summed E-state index contributed by atoms with van der Waals surface area (Å²) in [4.78, 5) is 0. The maximum Gasteiger partial charge on any atom is 0.123 e. The van der Waals surface area contributed by atoms with Crippen molar-refractivity contribution in [3.8, 4) is 11.4 Å². The Bertz CT molecular complexity index is 3260. The van der Waals surface area contributed by atoms with Crippen molar-refractivity contribution in [2.24, 2.45) is 17.6 Å². The molecule has 6 aromatic carbocycles. The number of nitrogens with one attached hydrogen (secondary N) is 1. The molecule has 0 bridgehead atoms. The number of aryl methyl sites for hydroxylation is 2. The van der Waals surface area contributed by atoms with Gasteiger partial charge in [0.1, 0.15) is 11.6 Å². The van der Waals surface area contributed by atoms with Crippen LogP contribution in [0.2, 0.25) is 0 Å². The van der Waals surface area contributed by atoms with E-state index in [0.717, 1.165) is 91.7 Å². The van der Waals surface area contributed by atoms with E-state index in [1.807, 2.05) is 65.1 Å². The third-order valence-electron chi connectivity index (χ3n) is 18.8. The first kappa shape index (κ1) is 52.0. The lowest BCUT2D eigenvalue weighted by Crippen LogP contribution is -2.52. The second-order valence-corrected chi connectivity index (χ2v) is 23.2. The first-order valence-electron chi connectivity index (χ1n) is 28.3. The van der Waals surface area contributed by atoms with Gasteiger partial charge in [-0.25, -0.2) is 18.1 Å². The number of aliphatic hydroxyl groups is 1. The Balaban J connectivity index is 0.000000143. The maximum atomic E-state index is 13.5. The van der Waals surface area contributed by atoms with Crippen molar-refractivity contribution >= 4 is 21.8 Å². The third-order valence-corrected chi connectivity index (χ3v) is 18.8. The Kier molecular flexibility index (Phi) is 14.7. The molecule has 0 amide bonds. The van der Waals surface area contributed by atoms with Gasteiger partial charge in [-0.15, -0.1) is 0 Å². The predicted octanol–water partition coefficient (Wildman–Crippen LogP) is 14.5. The first-order valence-corrected chi connectivity index (χ1v) is 28.3. The summed E-state index contributed by atoms with van der Waals surface area (Å²) in [6.07, 6.45) is 19.5. The molecule has 76 heavy (non-hydrogen) atoms. The molecule has 0 unspecified atom stereocenters. The minimum absolute atomic E-state index is 0.0786. The van der Waals surface area contributed by atoms with Gasteiger partial charge in [-0.1, -0.05) is 74.5 Å². The molecule has 1 aliphatic heterocycles. The molecule has 8 nitrogen and oxygen atoms in total. The zero-order chi connectivity index (χ0) is 52.7. The van der Waals surface area contributed by atoms with Gasteiger partial charge in [-0.3, -0.25) is 0 Å². The molecule has 13 rings (SSSR count). The normalized spacial score (nSPS) is 26.3. The van der Waals surface area contributed by atoms with Crippen molar-refractivity contribution in [3.05, 3.63) is 191 Å². The number of epoxide rings is 1. The van der Waals surface area contributed by atoms with Gasteiger partial charge in [0, 0.05) is 29.4 Å². The van der Waals surface area contributed by atoms with Gasteiger partial charge < -0.3 is 20.9 Å². The SMILES string of the molecule is CC[C@]12CC[C@](O)(CN[C@H](C)c3ccccc3)C[C@@H]1CCCc1cc3c(cnn3-c3ccc(F)cc3)cc12.CC[C@]12CC[C@]3(CO3)C[C@@H]1CCCc1cc3c(cnn3-c3ccc(F)cc3)cc12.C[C@@H](N)c1ccccc1. The van der Waals surface area contributed by atoms with Gasteiger partial charge in [0.2, 0.25) is 0 Å². The number of halogens is 2. The summed E-state index contributed by atoms with van der Waals surface area (Å²) in [6, 6.07) is 43.5. The van der Waals surface area contributed by atoms with Crippen molar-refractivity contribution in [1.82, 2.24) is 24.9 Å². The van der Waals surface area contributed by atoms with Crippen LogP contribution < -0.4 is 11.1 Å². The minimum Gasteiger partial charge on any atom is -0.389 e. The standard InChI is InChI=1S/C33H38FN3O.C25H27FN2O.C8H11N/c1-3-33-17-16-32(38,22-35-23(2)24-8-5-4-6-9-24)20-27(33)11-7-10-25-19-31-26(18-30(25)33)21-36-37(31)29-14-12-28(34)13-15-29;1-2-25-11-10-24(16-29-24)14-19(25)5-3-4-17-13-23-18(12-22(17)25)15-27-28(23)21-8-6-20(26)7-9-21;1-7(9)8-5-3-2-4-6-8/h4-6,8-9,12-15,18-19,21,23,27,35,38H,3,7,10-11,16-17,20,22H2,1-2H3;6-9,12-13,15,19H,2-5,10-11,14,16H2,1H3;2-7H,9H2,1H3/t23-,27+,32-,33+;19-,24+,25-;7-/m101/s1. The molecule has 4 N–H and O–H groups in total. The van der Waals surface area contributed by atoms with Crippen LogP contribution in [0.25, 0.3) is 33.2 Å². The van der Waals surface area contributed by atoms with E-state index in [1.54, 1.807) is 29.8 Å². The number of ether oxygens (including phenoxy) is 1. The van der Waals surface area contributed by atoms with Crippen molar-refractivity contribution in [2.75, 3.05) is 13.2 Å². The van der Waals surface area contributed by atoms with Crippen molar-refractivity contribution in [2.45, 2.75) is 152 Å². The molecular weight excluding hydrogens is 947 g/mol.